The van der Waals surface area contributed by atoms with Crippen molar-refractivity contribution in [2.24, 2.45) is 5.92 Å². The van der Waals surface area contributed by atoms with Crippen molar-refractivity contribution in [1.29, 1.82) is 0 Å². The zero-order chi connectivity index (χ0) is 17.2. The highest BCUT2D eigenvalue weighted by Crippen LogP contribution is 2.28. The Morgan fingerprint density at radius 3 is 2.52 bits per heavy atom. The number of amides is 1. The van der Waals surface area contributed by atoms with Crippen molar-refractivity contribution < 1.29 is 9.53 Å². The highest BCUT2D eigenvalue weighted by atomic mass is 16.6. The highest BCUT2D eigenvalue weighted by molar-refractivity contribution is 5.69. The molecule has 0 aromatic heterocycles. The molecule has 1 aliphatic heterocycles. The van der Waals surface area contributed by atoms with Gasteiger partial charge in [-0.1, -0.05) is 6.92 Å². The third-order valence-corrected chi connectivity index (χ3v) is 4.99. The Bertz CT molecular complexity index is 404. The van der Waals surface area contributed by atoms with Gasteiger partial charge in [-0.05, 0) is 59.9 Å². The molecule has 2 fully saturated rings. The molecule has 0 radical (unpaired) electrons. The highest BCUT2D eigenvalue weighted by Gasteiger charge is 2.35. The van der Waals surface area contributed by atoms with E-state index >= 15 is 0 Å². The van der Waals surface area contributed by atoms with Gasteiger partial charge in [0, 0.05) is 37.8 Å². The normalized spacial score (nSPS) is 29.4. The smallest absolute Gasteiger partial charge is 0.410 e. The van der Waals surface area contributed by atoms with E-state index in [1.54, 1.807) is 0 Å². The monoisotopic (exact) mass is 325 g/mol. The molecule has 1 amide bonds. The van der Waals surface area contributed by atoms with Gasteiger partial charge in [-0.2, -0.15) is 0 Å². The van der Waals surface area contributed by atoms with Gasteiger partial charge in [-0.3, -0.25) is 0 Å². The number of nitrogens with one attached hydrogen (secondary N) is 1. The van der Waals surface area contributed by atoms with E-state index < -0.39 is 5.60 Å². The van der Waals surface area contributed by atoms with Crippen LogP contribution in [0.5, 0.6) is 0 Å². The van der Waals surface area contributed by atoms with Gasteiger partial charge < -0.3 is 19.9 Å². The van der Waals surface area contributed by atoms with E-state index in [4.69, 9.17) is 4.74 Å². The predicted octanol–water partition coefficient (Wildman–Crippen LogP) is 2.70. The van der Waals surface area contributed by atoms with Gasteiger partial charge in [-0.15, -0.1) is 0 Å². The first-order chi connectivity index (χ1) is 10.7. The van der Waals surface area contributed by atoms with Crippen LogP contribution in [0.1, 0.15) is 53.9 Å². The van der Waals surface area contributed by atoms with Gasteiger partial charge in [0.15, 0.2) is 0 Å². The molecule has 1 aliphatic carbocycles. The van der Waals surface area contributed by atoms with Crippen molar-refractivity contribution in [2.45, 2.75) is 77.6 Å². The second kappa shape index (κ2) is 7.39. The molecule has 23 heavy (non-hydrogen) atoms. The fraction of sp³-hybridized carbons (Fsp3) is 0.944. The van der Waals surface area contributed by atoms with Crippen molar-refractivity contribution in [1.82, 2.24) is 15.1 Å². The predicted molar refractivity (Wildman–Crippen MR) is 93.6 cm³/mol. The average molecular weight is 325 g/mol. The third-order valence-electron chi connectivity index (χ3n) is 4.99. The summed E-state index contributed by atoms with van der Waals surface area (Å²) in [6, 6.07) is 1.55. The summed E-state index contributed by atoms with van der Waals surface area (Å²) < 4.78 is 5.55. The zero-order valence-electron chi connectivity index (χ0n) is 15.8. The van der Waals surface area contributed by atoms with Crippen molar-refractivity contribution in [3.8, 4) is 0 Å². The van der Waals surface area contributed by atoms with Gasteiger partial charge in [0.1, 0.15) is 5.60 Å². The molecule has 5 nitrogen and oxygen atoms in total. The summed E-state index contributed by atoms with van der Waals surface area (Å²) in [6.07, 6.45) is 3.24. The van der Waals surface area contributed by atoms with Crippen molar-refractivity contribution in [3.05, 3.63) is 0 Å². The van der Waals surface area contributed by atoms with E-state index in [-0.39, 0.29) is 6.09 Å². The molecule has 1 heterocycles. The number of hydrogen-bond acceptors (Lipinski definition) is 4. The molecular weight excluding hydrogens is 290 g/mol. The van der Waals surface area contributed by atoms with Gasteiger partial charge in [0.05, 0.1) is 0 Å². The number of carbonyl (C=O) groups is 1. The van der Waals surface area contributed by atoms with Gasteiger partial charge in [0.25, 0.3) is 0 Å². The molecular formula is C18H35N3O2. The Hall–Kier alpha value is -0.810. The SMILES string of the molecule is CC1CN(C)C(C)CC1NCCN(C(=O)OC(C)(C)C)C1CC1. The number of piperidine rings is 1. The van der Waals surface area contributed by atoms with E-state index in [0.717, 1.165) is 32.5 Å². The summed E-state index contributed by atoms with van der Waals surface area (Å²) >= 11 is 0. The Balaban J connectivity index is 1.79. The zero-order valence-corrected chi connectivity index (χ0v) is 15.8. The largest absolute Gasteiger partial charge is 0.444 e. The number of hydrogen-bond donors (Lipinski definition) is 1. The van der Waals surface area contributed by atoms with E-state index in [0.29, 0.717) is 24.0 Å². The molecule has 0 aromatic rings. The first kappa shape index (κ1) is 18.5. The van der Waals surface area contributed by atoms with Crippen LogP contribution in [0.25, 0.3) is 0 Å². The number of nitrogens with zero attached hydrogens (tertiary/aromatic N) is 2. The van der Waals surface area contributed by atoms with Crippen LogP contribution in [0.15, 0.2) is 0 Å². The Morgan fingerprint density at radius 1 is 1.30 bits per heavy atom. The quantitative estimate of drug-likeness (QED) is 0.844. The second-order valence-corrected chi connectivity index (χ2v) is 8.47. The fourth-order valence-corrected chi connectivity index (χ4v) is 3.33. The molecule has 2 aliphatic rings. The lowest BCUT2D eigenvalue weighted by atomic mass is 9.90. The third kappa shape index (κ3) is 5.64. The molecule has 0 spiro atoms. The number of ether oxygens (including phenoxy) is 1. The number of rotatable bonds is 5. The van der Waals surface area contributed by atoms with Crippen LogP contribution < -0.4 is 5.32 Å². The molecule has 0 bridgehead atoms. The van der Waals surface area contributed by atoms with Gasteiger partial charge in [-0.25, -0.2) is 4.79 Å². The Morgan fingerprint density at radius 2 is 1.96 bits per heavy atom. The van der Waals surface area contributed by atoms with Crippen LogP contribution >= 0.6 is 0 Å². The van der Waals surface area contributed by atoms with E-state index in [2.05, 4.69) is 31.1 Å². The lowest BCUT2D eigenvalue weighted by molar-refractivity contribution is 0.0230. The van der Waals surface area contributed by atoms with Crippen LogP contribution in [0.2, 0.25) is 0 Å². The lowest BCUT2D eigenvalue weighted by Gasteiger charge is -2.40. The first-order valence-corrected chi connectivity index (χ1v) is 9.10. The maximum Gasteiger partial charge on any atom is 0.410 e. The molecule has 1 saturated heterocycles. The molecule has 5 heteroatoms. The van der Waals surface area contributed by atoms with Crippen LogP contribution in [0.3, 0.4) is 0 Å². The van der Waals surface area contributed by atoms with E-state index in [1.807, 2.05) is 25.7 Å². The van der Waals surface area contributed by atoms with Crippen molar-refractivity contribution in [3.63, 3.8) is 0 Å². The topological polar surface area (TPSA) is 44.8 Å². The molecule has 3 unspecified atom stereocenters. The molecule has 0 aromatic carbocycles. The second-order valence-electron chi connectivity index (χ2n) is 8.47. The summed E-state index contributed by atoms with van der Waals surface area (Å²) in [4.78, 5) is 16.7. The minimum Gasteiger partial charge on any atom is -0.444 e. The summed E-state index contributed by atoms with van der Waals surface area (Å²) in [6.45, 7) is 13.1. The van der Waals surface area contributed by atoms with Crippen molar-refractivity contribution in [2.75, 3.05) is 26.7 Å². The molecule has 134 valence electrons. The lowest BCUT2D eigenvalue weighted by Crippen LogP contribution is -2.52. The summed E-state index contributed by atoms with van der Waals surface area (Å²) in [5.41, 5.74) is -0.421. The molecule has 3 atom stereocenters. The van der Waals surface area contributed by atoms with E-state index in [1.165, 1.54) is 6.42 Å². The van der Waals surface area contributed by atoms with Crippen LogP contribution in [0.4, 0.5) is 4.79 Å². The Kier molecular flexibility index (Phi) is 5.95. The number of likely N-dealkylation sites (tertiary alicyclic amines) is 1. The summed E-state index contributed by atoms with van der Waals surface area (Å²) in [5, 5.41) is 3.68. The van der Waals surface area contributed by atoms with Crippen LogP contribution in [-0.2, 0) is 4.74 Å². The van der Waals surface area contributed by atoms with Crippen LogP contribution in [-0.4, -0.2) is 66.3 Å². The molecule has 1 saturated carbocycles. The summed E-state index contributed by atoms with van der Waals surface area (Å²) in [7, 11) is 2.20. The number of carbonyl (C=O) groups excluding carboxylic acids is 1. The maximum atomic E-state index is 12.4. The van der Waals surface area contributed by atoms with E-state index in [9.17, 15) is 4.79 Å². The van der Waals surface area contributed by atoms with Gasteiger partial charge in [0.2, 0.25) is 0 Å². The average Bonchev–Trinajstić information content (AvgIpc) is 3.22. The molecule has 2 rings (SSSR count). The Labute approximate surface area is 141 Å². The summed E-state index contributed by atoms with van der Waals surface area (Å²) in [5.74, 6) is 0.645. The minimum absolute atomic E-state index is 0.161. The standard InChI is InChI=1S/C18H35N3O2/c1-13-12-20(6)14(2)11-16(13)19-9-10-21(15-7-8-15)17(22)23-18(3,4)5/h13-16,19H,7-12H2,1-6H3. The van der Waals surface area contributed by atoms with Crippen molar-refractivity contribution >= 4 is 6.09 Å². The van der Waals surface area contributed by atoms with Gasteiger partial charge >= 0.3 is 6.09 Å². The fourth-order valence-electron chi connectivity index (χ4n) is 3.33. The minimum atomic E-state index is -0.421. The molecule has 1 N–H and O–H groups in total. The first-order valence-electron chi connectivity index (χ1n) is 9.10. The maximum absolute atomic E-state index is 12.4. The van der Waals surface area contributed by atoms with Crippen LogP contribution in [0, 0.1) is 5.92 Å².